The quantitative estimate of drug-likeness (QED) is 0.447. The fourth-order valence-corrected chi connectivity index (χ4v) is 0.743. The molecule has 0 saturated heterocycles. The SMILES string of the molecule is CC(C)(O)CCCCON. The summed E-state index contributed by atoms with van der Waals surface area (Å²) < 4.78 is 0. The largest absolute Gasteiger partial charge is 0.390 e. The summed E-state index contributed by atoms with van der Waals surface area (Å²) in [5.41, 5.74) is -0.547. The van der Waals surface area contributed by atoms with Crippen LogP contribution in [-0.2, 0) is 4.84 Å². The minimum absolute atomic E-state index is 0.547. The van der Waals surface area contributed by atoms with Gasteiger partial charge in [0.1, 0.15) is 0 Å². The third kappa shape index (κ3) is 7.88. The maximum atomic E-state index is 9.24. The number of nitrogens with two attached hydrogens (primary N) is 1. The molecular weight excluding hydrogens is 130 g/mol. The molecule has 0 spiro atoms. The normalized spacial score (nSPS) is 12.0. The Labute approximate surface area is 62.1 Å². The minimum atomic E-state index is -0.547. The highest BCUT2D eigenvalue weighted by molar-refractivity contribution is 4.63. The third-order valence-corrected chi connectivity index (χ3v) is 1.30. The summed E-state index contributed by atoms with van der Waals surface area (Å²) in [5.74, 6) is 4.82. The lowest BCUT2D eigenvalue weighted by Gasteiger charge is -2.15. The van der Waals surface area contributed by atoms with E-state index in [0.29, 0.717) is 6.61 Å². The monoisotopic (exact) mass is 147 g/mol. The average molecular weight is 147 g/mol. The number of aliphatic hydroxyl groups is 1. The van der Waals surface area contributed by atoms with Gasteiger partial charge in [0.25, 0.3) is 0 Å². The fraction of sp³-hybridized carbons (Fsp3) is 1.00. The van der Waals surface area contributed by atoms with Crippen LogP contribution in [0.2, 0.25) is 0 Å². The van der Waals surface area contributed by atoms with Crippen molar-refractivity contribution in [1.82, 2.24) is 0 Å². The zero-order valence-corrected chi connectivity index (χ0v) is 6.76. The second kappa shape index (κ2) is 4.66. The van der Waals surface area contributed by atoms with E-state index in [0.717, 1.165) is 19.3 Å². The number of unbranched alkanes of at least 4 members (excludes halogenated alkanes) is 1. The lowest BCUT2D eigenvalue weighted by molar-refractivity contribution is 0.0629. The highest BCUT2D eigenvalue weighted by Gasteiger charge is 2.10. The molecule has 0 aromatic carbocycles. The second-order valence-corrected chi connectivity index (χ2v) is 3.14. The first-order valence-electron chi connectivity index (χ1n) is 3.60. The summed E-state index contributed by atoms with van der Waals surface area (Å²) in [6, 6.07) is 0. The van der Waals surface area contributed by atoms with E-state index in [1.54, 1.807) is 13.8 Å². The molecule has 0 unspecified atom stereocenters. The van der Waals surface area contributed by atoms with Gasteiger partial charge in [-0.2, -0.15) is 0 Å². The molecule has 0 aliphatic carbocycles. The summed E-state index contributed by atoms with van der Waals surface area (Å²) in [7, 11) is 0. The molecule has 0 aromatic heterocycles. The first-order chi connectivity index (χ1) is 4.56. The van der Waals surface area contributed by atoms with Crippen LogP contribution in [0.3, 0.4) is 0 Å². The smallest absolute Gasteiger partial charge is 0.0679 e. The van der Waals surface area contributed by atoms with E-state index in [1.165, 1.54) is 0 Å². The van der Waals surface area contributed by atoms with Crippen LogP contribution in [0.4, 0.5) is 0 Å². The van der Waals surface area contributed by atoms with Gasteiger partial charge in [0.15, 0.2) is 0 Å². The Morgan fingerprint density at radius 1 is 1.40 bits per heavy atom. The molecule has 0 saturated carbocycles. The topological polar surface area (TPSA) is 55.5 Å². The molecule has 10 heavy (non-hydrogen) atoms. The highest BCUT2D eigenvalue weighted by atomic mass is 16.6. The predicted molar refractivity (Wildman–Crippen MR) is 40.3 cm³/mol. The second-order valence-electron chi connectivity index (χ2n) is 3.14. The molecule has 3 heteroatoms. The van der Waals surface area contributed by atoms with Gasteiger partial charge in [0.05, 0.1) is 12.2 Å². The maximum Gasteiger partial charge on any atom is 0.0679 e. The molecule has 0 radical (unpaired) electrons. The van der Waals surface area contributed by atoms with E-state index in [2.05, 4.69) is 4.84 Å². The van der Waals surface area contributed by atoms with Gasteiger partial charge in [-0.1, -0.05) is 0 Å². The van der Waals surface area contributed by atoms with Crippen molar-refractivity contribution in [2.75, 3.05) is 6.61 Å². The van der Waals surface area contributed by atoms with E-state index in [-0.39, 0.29) is 0 Å². The van der Waals surface area contributed by atoms with Crippen LogP contribution in [0.5, 0.6) is 0 Å². The van der Waals surface area contributed by atoms with Gasteiger partial charge in [-0.05, 0) is 33.1 Å². The summed E-state index contributed by atoms with van der Waals surface area (Å²) in [5, 5.41) is 9.24. The van der Waals surface area contributed by atoms with Crippen LogP contribution in [0.15, 0.2) is 0 Å². The predicted octanol–water partition coefficient (Wildman–Crippen LogP) is 0.818. The van der Waals surface area contributed by atoms with Crippen LogP contribution in [0.25, 0.3) is 0 Å². The van der Waals surface area contributed by atoms with Crippen LogP contribution >= 0.6 is 0 Å². The molecular formula is C7H17NO2. The Bertz CT molecular complexity index is 78.2. The first kappa shape index (κ1) is 9.88. The van der Waals surface area contributed by atoms with Crippen molar-refractivity contribution in [3.05, 3.63) is 0 Å². The minimum Gasteiger partial charge on any atom is -0.390 e. The van der Waals surface area contributed by atoms with Gasteiger partial charge in [0, 0.05) is 0 Å². The molecule has 0 rings (SSSR count). The Kier molecular flexibility index (Phi) is 4.60. The Balaban J connectivity index is 3.04. The van der Waals surface area contributed by atoms with Crippen molar-refractivity contribution >= 4 is 0 Å². The van der Waals surface area contributed by atoms with Crippen molar-refractivity contribution in [1.29, 1.82) is 0 Å². The number of hydrogen-bond acceptors (Lipinski definition) is 3. The van der Waals surface area contributed by atoms with Crippen LogP contribution in [0, 0.1) is 0 Å². The van der Waals surface area contributed by atoms with E-state index < -0.39 is 5.60 Å². The highest BCUT2D eigenvalue weighted by Crippen LogP contribution is 2.11. The Morgan fingerprint density at radius 2 is 2.00 bits per heavy atom. The van der Waals surface area contributed by atoms with E-state index in [9.17, 15) is 5.11 Å². The Morgan fingerprint density at radius 3 is 2.40 bits per heavy atom. The molecule has 0 amide bonds. The van der Waals surface area contributed by atoms with Gasteiger partial charge < -0.3 is 9.94 Å². The summed E-state index contributed by atoms with van der Waals surface area (Å²) in [6.07, 6.45) is 2.68. The molecule has 62 valence electrons. The van der Waals surface area contributed by atoms with E-state index >= 15 is 0 Å². The fourth-order valence-electron chi connectivity index (χ4n) is 0.743. The van der Waals surface area contributed by atoms with Gasteiger partial charge in [-0.15, -0.1) is 0 Å². The molecule has 0 atom stereocenters. The molecule has 0 aliphatic rings. The van der Waals surface area contributed by atoms with Gasteiger partial charge in [0.2, 0.25) is 0 Å². The molecule has 0 heterocycles. The van der Waals surface area contributed by atoms with Gasteiger partial charge >= 0.3 is 0 Å². The lowest BCUT2D eigenvalue weighted by atomic mass is 10.0. The standard InChI is InChI=1S/C7H17NO2/c1-7(2,9)5-3-4-6-10-8/h9H,3-6,8H2,1-2H3. The zero-order valence-electron chi connectivity index (χ0n) is 6.76. The number of rotatable bonds is 5. The van der Waals surface area contributed by atoms with Crippen molar-refractivity contribution in [3.63, 3.8) is 0 Å². The van der Waals surface area contributed by atoms with Gasteiger partial charge in [-0.25, -0.2) is 5.90 Å². The molecule has 0 aliphatic heterocycles. The average Bonchev–Trinajstić information content (AvgIpc) is 1.78. The van der Waals surface area contributed by atoms with E-state index in [1.807, 2.05) is 0 Å². The molecule has 3 N–H and O–H groups in total. The van der Waals surface area contributed by atoms with Crippen LogP contribution in [0.1, 0.15) is 33.1 Å². The summed E-state index contributed by atoms with van der Waals surface area (Å²) in [4.78, 5) is 4.37. The van der Waals surface area contributed by atoms with Crippen molar-refractivity contribution in [3.8, 4) is 0 Å². The zero-order chi connectivity index (χ0) is 8.04. The Hall–Kier alpha value is -0.120. The molecule has 3 nitrogen and oxygen atoms in total. The van der Waals surface area contributed by atoms with Crippen molar-refractivity contribution in [2.24, 2.45) is 5.90 Å². The molecule has 0 aromatic rings. The van der Waals surface area contributed by atoms with Crippen molar-refractivity contribution in [2.45, 2.75) is 38.7 Å². The van der Waals surface area contributed by atoms with Gasteiger partial charge in [-0.3, -0.25) is 0 Å². The van der Waals surface area contributed by atoms with Crippen LogP contribution < -0.4 is 5.90 Å². The summed E-state index contributed by atoms with van der Waals surface area (Å²) in [6.45, 7) is 4.18. The van der Waals surface area contributed by atoms with Crippen molar-refractivity contribution < 1.29 is 9.94 Å². The van der Waals surface area contributed by atoms with E-state index in [4.69, 9.17) is 5.90 Å². The lowest BCUT2D eigenvalue weighted by Crippen LogP contribution is -2.18. The van der Waals surface area contributed by atoms with Crippen LogP contribution in [-0.4, -0.2) is 17.3 Å². The first-order valence-corrected chi connectivity index (χ1v) is 3.60. The number of hydrogen-bond donors (Lipinski definition) is 2. The summed E-state index contributed by atoms with van der Waals surface area (Å²) >= 11 is 0. The maximum absolute atomic E-state index is 9.24. The third-order valence-electron chi connectivity index (χ3n) is 1.30. The molecule has 0 fully saturated rings. The molecule has 0 bridgehead atoms.